The molecule has 0 aliphatic carbocycles. The largest absolute Gasteiger partial charge is 0.326 e. The van der Waals surface area contributed by atoms with Crippen molar-refractivity contribution in [1.29, 1.82) is 0 Å². The first-order chi connectivity index (χ1) is 13.2. The van der Waals surface area contributed by atoms with Crippen molar-refractivity contribution >= 4 is 33.2 Å². The minimum absolute atomic E-state index is 0.0707. The van der Waals surface area contributed by atoms with Gasteiger partial charge in [-0.3, -0.25) is 9.59 Å². The number of halogens is 1. The molecule has 148 valence electrons. The monoisotopic (exact) mass is 405 g/mol. The topological polar surface area (TPSA) is 95.6 Å². The Morgan fingerprint density at radius 3 is 2.39 bits per heavy atom. The van der Waals surface area contributed by atoms with Crippen molar-refractivity contribution < 1.29 is 22.4 Å². The predicted octanol–water partition coefficient (Wildman–Crippen LogP) is 2.12. The maximum Gasteiger partial charge on any atom is 0.240 e. The highest BCUT2D eigenvalue weighted by Gasteiger charge is 2.31. The third-order valence-corrected chi connectivity index (χ3v) is 5.83. The molecule has 0 bridgehead atoms. The number of carbonyl (C=O) groups is 2. The Labute approximate surface area is 162 Å². The van der Waals surface area contributed by atoms with Crippen LogP contribution in [-0.4, -0.2) is 33.3 Å². The zero-order valence-electron chi connectivity index (χ0n) is 15.2. The number of amides is 2. The summed E-state index contributed by atoms with van der Waals surface area (Å²) in [5, 5.41) is 2.57. The zero-order chi connectivity index (χ0) is 20.3. The predicted molar refractivity (Wildman–Crippen MR) is 103 cm³/mol. The molecule has 0 aromatic heterocycles. The van der Waals surface area contributed by atoms with Gasteiger partial charge in [0.05, 0.1) is 4.90 Å². The van der Waals surface area contributed by atoms with E-state index in [9.17, 15) is 22.4 Å². The Bertz CT molecular complexity index is 975. The standard InChI is InChI=1S/C19H20FN3O4S/c1-13(24)22-16-4-8-18(9-5-16)28(26,27)21-11-14-10-19(25)23(12-14)17-6-2-15(20)3-7-17/h2-9,14,21H,10-12H2,1H3,(H,22,24)/t14-/m0/s1. The Morgan fingerprint density at radius 2 is 1.79 bits per heavy atom. The van der Waals surface area contributed by atoms with E-state index in [-0.39, 0.29) is 41.4 Å². The molecule has 1 aliphatic heterocycles. The fourth-order valence-corrected chi connectivity index (χ4v) is 4.14. The van der Waals surface area contributed by atoms with Crippen molar-refractivity contribution in [1.82, 2.24) is 4.72 Å². The first-order valence-electron chi connectivity index (χ1n) is 8.68. The second kappa shape index (κ2) is 8.07. The molecule has 3 rings (SSSR count). The number of rotatable bonds is 6. The van der Waals surface area contributed by atoms with Gasteiger partial charge >= 0.3 is 0 Å². The Morgan fingerprint density at radius 1 is 1.14 bits per heavy atom. The van der Waals surface area contributed by atoms with Crippen molar-refractivity contribution in [2.75, 3.05) is 23.3 Å². The van der Waals surface area contributed by atoms with Crippen molar-refractivity contribution in [3.8, 4) is 0 Å². The molecule has 2 N–H and O–H groups in total. The molecule has 1 atom stereocenters. The number of carbonyl (C=O) groups excluding carboxylic acids is 2. The van der Waals surface area contributed by atoms with Gasteiger partial charge in [-0.1, -0.05) is 0 Å². The molecule has 0 radical (unpaired) electrons. The summed E-state index contributed by atoms with van der Waals surface area (Å²) >= 11 is 0. The van der Waals surface area contributed by atoms with Gasteiger partial charge in [0, 0.05) is 37.8 Å². The van der Waals surface area contributed by atoms with Crippen molar-refractivity contribution in [2.45, 2.75) is 18.2 Å². The molecule has 1 fully saturated rings. The summed E-state index contributed by atoms with van der Waals surface area (Å²) < 4.78 is 40.5. The van der Waals surface area contributed by atoms with Crippen LogP contribution in [0.3, 0.4) is 0 Å². The van der Waals surface area contributed by atoms with E-state index in [0.29, 0.717) is 17.9 Å². The van der Waals surface area contributed by atoms with Crippen LogP contribution in [0.15, 0.2) is 53.4 Å². The summed E-state index contributed by atoms with van der Waals surface area (Å²) in [7, 11) is -3.74. The summed E-state index contributed by atoms with van der Waals surface area (Å²) in [6.45, 7) is 1.83. The lowest BCUT2D eigenvalue weighted by atomic mass is 10.1. The first kappa shape index (κ1) is 20.0. The van der Waals surface area contributed by atoms with E-state index in [1.165, 1.54) is 60.4 Å². The molecule has 0 spiro atoms. The molecule has 2 aromatic rings. The number of anilines is 2. The normalized spacial score (nSPS) is 17.0. The zero-order valence-corrected chi connectivity index (χ0v) is 16.0. The molecule has 2 amide bonds. The summed E-state index contributed by atoms with van der Waals surface area (Å²) in [5.41, 5.74) is 1.09. The van der Waals surface area contributed by atoms with E-state index in [2.05, 4.69) is 10.0 Å². The van der Waals surface area contributed by atoms with Gasteiger partial charge in [-0.2, -0.15) is 0 Å². The van der Waals surface area contributed by atoms with Crippen molar-refractivity contribution in [3.05, 3.63) is 54.3 Å². The Hall–Kier alpha value is -2.78. The second-order valence-corrected chi connectivity index (χ2v) is 8.38. The van der Waals surface area contributed by atoms with E-state index in [1.54, 1.807) is 0 Å². The quantitative estimate of drug-likeness (QED) is 0.770. The van der Waals surface area contributed by atoms with Gasteiger partial charge in [0.1, 0.15) is 5.82 Å². The van der Waals surface area contributed by atoms with Gasteiger partial charge in [0.15, 0.2) is 0 Å². The van der Waals surface area contributed by atoms with Gasteiger partial charge < -0.3 is 10.2 Å². The maximum atomic E-state index is 13.0. The molecular formula is C19H20FN3O4S. The Kier molecular flexibility index (Phi) is 5.76. The highest BCUT2D eigenvalue weighted by molar-refractivity contribution is 7.89. The number of nitrogens with zero attached hydrogens (tertiary/aromatic N) is 1. The number of sulfonamides is 1. The van der Waals surface area contributed by atoms with Crippen LogP contribution < -0.4 is 14.9 Å². The number of benzene rings is 2. The van der Waals surface area contributed by atoms with Gasteiger partial charge in [0.25, 0.3) is 0 Å². The third-order valence-electron chi connectivity index (χ3n) is 4.39. The lowest BCUT2D eigenvalue weighted by Crippen LogP contribution is -2.31. The summed E-state index contributed by atoms with van der Waals surface area (Å²) in [4.78, 5) is 24.8. The summed E-state index contributed by atoms with van der Waals surface area (Å²) in [5.74, 6) is -0.948. The van der Waals surface area contributed by atoms with Gasteiger partial charge in [-0.25, -0.2) is 17.5 Å². The van der Waals surface area contributed by atoms with E-state index >= 15 is 0 Å². The van der Waals surface area contributed by atoms with E-state index in [1.807, 2.05) is 0 Å². The van der Waals surface area contributed by atoms with Crippen LogP contribution in [0.1, 0.15) is 13.3 Å². The van der Waals surface area contributed by atoms with Crippen LogP contribution in [0.4, 0.5) is 15.8 Å². The van der Waals surface area contributed by atoms with Gasteiger partial charge in [-0.05, 0) is 54.4 Å². The summed E-state index contributed by atoms with van der Waals surface area (Å²) in [6.07, 6.45) is 0.210. The highest BCUT2D eigenvalue weighted by Crippen LogP contribution is 2.25. The third kappa shape index (κ3) is 4.73. The maximum absolute atomic E-state index is 13.0. The Balaban J connectivity index is 1.61. The van der Waals surface area contributed by atoms with E-state index in [4.69, 9.17) is 0 Å². The lowest BCUT2D eigenvalue weighted by molar-refractivity contribution is -0.117. The molecule has 1 heterocycles. The number of hydrogen-bond acceptors (Lipinski definition) is 4. The molecule has 9 heteroatoms. The van der Waals surface area contributed by atoms with Crippen LogP contribution in [-0.2, 0) is 19.6 Å². The van der Waals surface area contributed by atoms with Crippen LogP contribution in [0, 0.1) is 11.7 Å². The molecule has 1 saturated heterocycles. The van der Waals surface area contributed by atoms with Crippen LogP contribution in [0.5, 0.6) is 0 Å². The average Bonchev–Trinajstić information content (AvgIpc) is 3.01. The molecule has 2 aromatic carbocycles. The summed E-state index contributed by atoms with van der Waals surface area (Å²) in [6, 6.07) is 11.4. The minimum Gasteiger partial charge on any atom is -0.326 e. The van der Waals surface area contributed by atoms with Crippen molar-refractivity contribution in [3.63, 3.8) is 0 Å². The van der Waals surface area contributed by atoms with E-state index in [0.717, 1.165) is 0 Å². The average molecular weight is 405 g/mol. The molecule has 1 aliphatic rings. The highest BCUT2D eigenvalue weighted by atomic mass is 32.2. The van der Waals surface area contributed by atoms with Crippen LogP contribution in [0.25, 0.3) is 0 Å². The molecule has 0 unspecified atom stereocenters. The molecular weight excluding hydrogens is 385 g/mol. The molecule has 7 nitrogen and oxygen atoms in total. The SMILES string of the molecule is CC(=O)Nc1ccc(S(=O)(=O)NC[C@@H]2CC(=O)N(c3ccc(F)cc3)C2)cc1. The van der Waals surface area contributed by atoms with Gasteiger partial charge in [0.2, 0.25) is 21.8 Å². The lowest BCUT2D eigenvalue weighted by Gasteiger charge is -2.17. The second-order valence-electron chi connectivity index (χ2n) is 6.61. The number of hydrogen-bond donors (Lipinski definition) is 2. The minimum atomic E-state index is -3.74. The molecule has 0 saturated carbocycles. The van der Waals surface area contributed by atoms with Crippen LogP contribution >= 0.6 is 0 Å². The number of nitrogens with one attached hydrogen (secondary N) is 2. The molecule has 28 heavy (non-hydrogen) atoms. The smallest absolute Gasteiger partial charge is 0.240 e. The van der Waals surface area contributed by atoms with E-state index < -0.39 is 10.0 Å². The van der Waals surface area contributed by atoms with Crippen LogP contribution in [0.2, 0.25) is 0 Å². The first-order valence-corrected chi connectivity index (χ1v) is 10.2. The van der Waals surface area contributed by atoms with Crippen molar-refractivity contribution in [2.24, 2.45) is 5.92 Å². The fraction of sp³-hybridized carbons (Fsp3) is 0.263. The van der Waals surface area contributed by atoms with Gasteiger partial charge in [-0.15, -0.1) is 0 Å². The fourth-order valence-electron chi connectivity index (χ4n) is 3.02.